The maximum Gasteiger partial charge on any atom is 0.119 e. The molecule has 0 radical (unpaired) electrons. The number of aromatic hydroxyl groups is 1. The van der Waals surface area contributed by atoms with Crippen LogP contribution in [0.4, 0.5) is 0 Å². The van der Waals surface area contributed by atoms with E-state index in [2.05, 4.69) is 32.9 Å². The minimum absolute atomic E-state index is 0.518. The Bertz CT molecular complexity index is 481. The van der Waals surface area contributed by atoms with Crippen molar-refractivity contribution in [3.63, 3.8) is 0 Å². The molecule has 1 rings (SSSR count). The predicted octanol–water partition coefficient (Wildman–Crippen LogP) is 9.78. The molecule has 0 fully saturated rings. The molecule has 1 aromatic carbocycles. The summed E-state index contributed by atoms with van der Waals surface area (Å²) in [6.45, 7) is 6.90. The van der Waals surface area contributed by atoms with Crippen molar-refractivity contribution < 1.29 is 5.11 Å². The molecule has 0 aliphatic carbocycles. The Morgan fingerprint density at radius 2 is 1.10 bits per heavy atom. The van der Waals surface area contributed by atoms with E-state index in [1.54, 1.807) is 0 Å². The monoisotopic (exact) mass is 402 g/mol. The van der Waals surface area contributed by atoms with Crippen LogP contribution in [0.3, 0.4) is 0 Å². The lowest BCUT2D eigenvalue weighted by molar-refractivity contribution is 0.321. The van der Waals surface area contributed by atoms with Crippen LogP contribution in [0, 0.1) is 5.92 Å². The van der Waals surface area contributed by atoms with Crippen molar-refractivity contribution in [2.45, 2.75) is 136 Å². The Morgan fingerprint density at radius 1 is 0.586 bits per heavy atom. The van der Waals surface area contributed by atoms with E-state index in [4.69, 9.17) is 0 Å². The largest absolute Gasteiger partial charge is 0.508 e. The van der Waals surface area contributed by atoms with Gasteiger partial charge in [-0.2, -0.15) is 0 Å². The highest BCUT2D eigenvalue weighted by Crippen LogP contribution is 2.40. The number of rotatable bonds is 19. The average Bonchev–Trinajstić information content (AvgIpc) is 2.73. The first-order chi connectivity index (χ1) is 14.2. The van der Waals surface area contributed by atoms with Gasteiger partial charge in [-0.05, 0) is 36.3 Å². The molecule has 0 bridgehead atoms. The fourth-order valence-electron chi connectivity index (χ4n) is 4.87. The fraction of sp³-hybridized carbons (Fsp3) is 0.786. The van der Waals surface area contributed by atoms with Gasteiger partial charge in [-0.1, -0.05) is 135 Å². The second-order valence-electron chi connectivity index (χ2n) is 9.18. The molecule has 0 heterocycles. The summed E-state index contributed by atoms with van der Waals surface area (Å²) >= 11 is 0. The summed E-state index contributed by atoms with van der Waals surface area (Å²) in [7, 11) is 0. The Hall–Kier alpha value is -0.980. The normalized spacial score (nSPS) is 13.5. The first-order valence-corrected chi connectivity index (χ1v) is 13.0. The second-order valence-corrected chi connectivity index (χ2v) is 9.18. The van der Waals surface area contributed by atoms with E-state index in [1.165, 1.54) is 115 Å². The minimum Gasteiger partial charge on any atom is -0.508 e. The van der Waals surface area contributed by atoms with Crippen molar-refractivity contribution in [2.24, 2.45) is 5.92 Å². The molecule has 0 saturated heterocycles. The van der Waals surface area contributed by atoms with Gasteiger partial charge in [0.1, 0.15) is 5.75 Å². The molecule has 0 aliphatic heterocycles. The predicted molar refractivity (Wildman–Crippen MR) is 130 cm³/mol. The Labute approximate surface area is 182 Å². The van der Waals surface area contributed by atoms with Crippen molar-refractivity contribution in [3.8, 4) is 5.75 Å². The maximum atomic E-state index is 10.6. The van der Waals surface area contributed by atoms with Crippen molar-refractivity contribution >= 4 is 0 Å². The van der Waals surface area contributed by atoms with E-state index >= 15 is 0 Å². The van der Waals surface area contributed by atoms with Crippen molar-refractivity contribution in [1.29, 1.82) is 0 Å². The van der Waals surface area contributed by atoms with Gasteiger partial charge in [-0.3, -0.25) is 0 Å². The summed E-state index contributed by atoms with van der Waals surface area (Å²) in [4.78, 5) is 0. The molecule has 1 nitrogen and oxygen atoms in total. The van der Waals surface area contributed by atoms with Crippen LogP contribution in [0.25, 0.3) is 0 Å². The second kappa shape index (κ2) is 17.8. The molecule has 0 aromatic heterocycles. The third-order valence-corrected chi connectivity index (χ3v) is 6.61. The number of benzene rings is 1. The van der Waals surface area contributed by atoms with Crippen LogP contribution in [0.2, 0.25) is 0 Å². The quantitative estimate of drug-likeness (QED) is 0.228. The fourth-order valence-corrected chi connectivity index (χ4v) is 4.87. The summed E-state index contributed by atoms with van der Waals surface area (Å²) in [6.07, 6.45) is 22.9. The zero-order valence-electron chi connectivity index (χ0n) is 19.9. The van der Waals surface area contributed by atoms with Crippen LogP contribution >= 0.6 is 0 Å². The van der Waals surface area contributed by atoms with Gasteiger partial charge >= 0.3 is 0 Å². The molecule has 0 spiro atoms. The molecule has 1 heteroatoms. The van der Waals surface area contributed by atoms with E-state index in [0.29, 0.717) is 11.7 Å². The van der Waals surface area contributed by atoms with Crippen molar-refractivity contribution in [2.75, 3.05) is 0 Å². The summed E-state index contributed by atoms with van der Waals surface area (Å²) < 4.78 is 0. The van der Waals surface area contributed by atoms with Gasteiger partial charge in [0.15, 0.2) is 0 Å². The highest BCUT2D eigenvalue weighted by atomic mass is 16.3. The average molecular weight is 403 g/mol. The first kappa shape index (κ1) is 26.1. The van der Waals surface area contributed by atoms with Crippen LogP contribution in [0.5, 0.6) is 5.75 Å². The van der Waals surface area contributed by atoms with Crippen LogP contribution < -0.4 is 0 Å². The van der Waals surface area contributed by atoms with Gasteiger partial charge < -0.3 is 5.11 Å². The molecule has 0 aliphatic rings. The van der Waals surface area contributed by atoms with Crippen LogP contribution in [0.15, 0.2) is 24.3 Å². The summed E-state index contributed by atoms with van der Waals surface area (Å²) in [5, 5.41) is 10.6. The molecule has 0 amide bonds. The lowest BCUT2D eigenvalue weighted by Gasteiger charge is -2.28. The Balaban J connectivity index is 2.62. The lowest BCUT2D eigenvalue weighted by Crippen LogP contribution is -2.14. The van der Waals surface area contributed by atoms with Crippen molar-refractivity contribution in [3.05, 3.63) is 29.8 Å². The summed E-state index contributed by atoms with van der Waals surface area (Å²) in [5.41, 5.74) is 1.21. The van der Waals surface area contributed by atoms with E-state index in [0.717, 1.165) is 5.92 Å². The zero-order chi connectivity index (χ0) is 21.2. The Kier molecular flexibility index (Phi) is 16.0. The number of hydrogen-bond acceptors (Lipinski definition) is 1. The maximum absolute atomic E-state index is 10.6. The van der Waals surface area contributed by atoms with E-state index in [9.17, 15) is 5.11 Å². The highest BCUT2D eigenvalue weighted by Gasteiger charge is 2.24. The van der Waals surface area contributed by atoms with Crippen LogP contribution in [0.1, 0.15) is 141 Å². The smallest absolute Gasteiger partial charge is 0.119 e. The molecule has 168 valence electrons. The van der Waals surface area contributed by atoms with Gasteiger partial charge in [-0.25, -0.2) is 0 Å². The number of para-hydroxylation sites is 1. The topological polar surface area (TPSA) is 20.2 Å². The highest BCUT2D eigenvalue weighted by molar-refractivity contribution is 5.35. The van der Waals surface area contributed by atoms with Crippen LogP contribution in [-0.4, -0.2) is 5.11 Å². The first-order valence-electron chi connectivity index (χ1n) is 13.0. The molecule has 29 heavy (non-hydrogen) atoms. The van der Waals surface area contributed by atoms with Gasteiger partial charge in [0.2, 0.25) is 0 Å². The van der Waals surface area contributed by atoms with Gasteiger partial charge in [0.25, 0.3) is 0 Å². The molecule has 2 unspecified atom stereocenters. The van der Waals surface area contributed by atoms with Gasteiger partial charge in [0.05, 0.1) is 0 Å². The molecule has 0 saturated carbocycles. The molecule has 1 aromatic rings. The SMILES string of the molecule is CCCCCCCCCC(c1ccccc1O)C(CCC)CCCCCCCC. The molecular weight excluding hydrogens is 352 g/mol. The van der Waals surface area contributed by atoms with Gasteiger partial charge in [-0.15, -0.1) is 0 Å². The molecular formula is C28H50O. The van der Waals surface area contributed by atoms with Crippen LogP contribution in [-0.2, 0) is 0 Å². The van der Waals surface area contributed by atoms with Crippen molar-refractivity contribution in [1.82, 2.24) is 0 Å². The lowest BCUT2D eigenvalue weighted by atomic mass is 9.77. The molecule has 1 N–H and O–H groups in total. The van der Waals surface area contributed by atoms with E-state index < -0.39 is 0 Å². The third-order valence-electron chi connectivity index (χ3n) is 6.61. The van der Waals surface area contributed by atoms with E-state index in [-0.39, 0.29) is 0 Å². The number of unbranched alkanes of at least 4 members (excludes halogenated alkanes) is 11. The number of phenolic OH excluding ortho intramolecular Hbond substituents is 1. The van der Waals surface area contributed by atoms with Gasteiger partial charge in [0, 0.05) is 0 Å². The minimum atomic E-state index is 0.518. The number of phenols is 1. The standard InChI is InChI=1S/C28H50O/c1-4-7-9-11-13-15-17-22-26(27-23-18-19-24-28(27)29)25(20-6-3)21-16-14-12-10-8-5-2/h18-19,23-26,29H,4-17,20-22H2,1-3H3. The Morgan fingerprint density at radius 3 is 1.66 bits per heavy atom. The van der Waals surface area contributed by atoms with E-state index in [1.807, 2.05) is 12.1 Å². The zero-order valence-corrected chi connectivity index (χ0v) is 19.9. The summed E-state index contributed by atoms with van der Waals surface area (Å²) in [5.74, 6) is 1.77. The summed E-state index contributed by atoms with van der Waals surface area (Å²) in [6, 6.07) is 8.15. The number of hydrogen-bond donors (Lipinski definition) is 1. The third kappa shape index (κ3) is 11.7. The molecule has 2 atom stereocenters.